The average molecular weight is 442 g/mol. The smallest absolute Gasteiger partial charge is 0.270 e. The zero-order valence-corrected chi connectivity index (χ0v) is 18.5. The third kappa shape index (κ3) is 3.82. The lowest BCUT2D eigenvalue weighted by Crippen LogP contribution is -2.54. The highest BCUT2D eigenvalue weighted by Gasteiger charge is 2.44. The Morgan fingerprint density at radius 3 is 2.79 bits per heavy atom. The fourth-order valence-electron chi connectivity index (χ4n) is 5.57. The van der Waals surface area contributed by atoms with Crippen LogP contribution >= 0.6 is 0 Å². The summed E-state index contributed by atoms with van der Waals surface area (Å²) in [6, 6.07) is 15.0. The van der Waals surface area contributed by atoms with Gasteiger partial charge in [0.2, 0.25) is 0 Å². The number of likely N-dealkylation sites (tertiary alicyclic amines) is 1. The molecule has 1 amide bonds. The number of benzene rings is 1. The number of nitrogens with zero attached hydrogens (tertiary/aromatic N) is 3. The summed E-state index contributed by atoms with van der Waals surface area (Å²) in [5.74, 6) is -0.357. The molecule has 4 heterocycles. The van der Waals surface area contributed by atoms with Crippen molar-refractivity contribution in [2.45, 2.75) is 38.8 Å². The Morgan fingerprint density at radius 1 is 1.09 bits per heavy atom. The topological polar surface area (TPSA) is 82.5 Å². The molecule has 0 radical (unpaired) electrons. The van der Waals surface area contributed by atoms with Crippen LogP contribution in [-0.4, -0.2) is 38.3 Å². The number of aromatic amines is 1. The monoisotopic (exact) mass is 441 g/mol. The van der Waals surface area contributed by atoms with E-state index in [1.165, 1.54) is 60.3 Å². The fourth-order valence-corrected chi connectivity index (χ4v) is 5.57. The lowest BCUT2D eigenvalue weighted by molar-refractivity contribution is -0.000960. The number of fused-ring (bicyclic) bond motifs is 2. The van der Waals surface area contributed by atoms with E-state index in [1.807, 2.05) is 6.07 Å². The molecule has 1 saturated heterocycles. The van der Waals surface area contributed by atoms with Gasteiger partial charge in [-0.3, -0.25) is 18.9 Å². The molecule has 1 aliphatic carbocycles. The largest absolute Gasteiger partial charge is 0.357 e. The van der Waals surface area contributed by atoms with Gasteiger partial charge in [0.05, 0.1) is 0 Å². The summed E-state index contributed by atoms with van der Waals surface area (Å²) in [5.41, 5.74) is 4.24. The van der Waals surface area contributed by atoms with E-state index < -0.39 is 0 Å². The Hall–Kier alpha value is -3.45. The van der Waals surface area contributed by atoms with E-state index in [0.29, 0.717) is 17.6 Å². The SMILES string of the molecule is O=C(NCc1ccc2cc(CN3CC4(CCCC4)C3)[nH]c2c1)c1cc(=O)n2ccccc2n1. The van der Waals surface area contributed by atoms with Gasteiger partial charge in [0.1, 0.15) is 11.3 Å². The van der Waals surface area contributed by atoms with Gasteiger partial charge in [0, 0.05) is 49.7 Å². The Kier molecular flexibility index (Phi) is 4.80. The van der Waals surface area contributed by atoms with Gasteiger partial charge < -0.3 is 10.3 Å². The van der Waals surface area contributed by atoms with Crippen LogP contribution in [0.15, 0.2) is 59.5 Å². The summed E-state index contributed by atoms with van der Waals surface area (Å²) < 4.78 is 1.42. The molecular weight excluding hydrogens is 414 g/mol. The summed E-state index contributed by atoms with van der Waals surface area (Å²) in [6.07, 6.45) is 7.23. The Balaban J connectivity index is 1.11. The van der Waals surface area contributed by atoms with Crippen molar-refractivity contribution in [3.8, 4) is 0 Å². The van der Waals surface area contributed by atoms with Crippen LogP contribution in [0.5, 0.6) is 0 Å². The number of rotatable bonds is 5. The minimum absolute atomic E-state index is 0.129. The molecule has 1 aliphatic heterocycles. The molecular formula is C26H27N5O2. The van der Waals surface area contributed by atoms with Gasteiger partial charge in [0.25, 0.3) is 11.5 Å². The third-order valence-electron chi connectivity index (χ3n) is 7.18. The number of aromatic nitrogens is 3. The molecule has 4 aromatic rings. The standard InChI is InChI=1S/C26H27N5O2/c32-24-13-22(29-23-5-1-4-10-31(23)24)25(33)27-14-18-6-7-19-12-20(28-21(19)11-18)15-30-16-26(17-30)8-2-3-9-26/h1,4-7,10-13,28H,2-3,8-9,14-17H2,(H,27,33). The Labute approximate surface area is 191 Å². The van der Waals surface area contributed by atoms with Gasteiger partial charge in [0.15, 0.2) is 0 Å². The molecule has 2 N–H and O–H groups in total. The molecule has 6 rings (SSSR count). The predicted octanol–water partition coefficient (Wildman–Crippen LogP) is 3.48. The van der Waals surface area contributed by atoms with Crippen LogP contribution in [0.4, 0.5) is 0 Å². The van der Waals surface area contributed by atoms with Crippen molar-refractivity contribution in [2.75, 3.05) is 13.1 Å². The average Bonchev–Trinajstić information content (AvgIpc) is 3.44. The maximum atomic E-state index is 12.6. The zero-order chi connectivity index (χ0) is 22.4. The number of carbonyl (C=O) groups excluding carboxylic acids is 1. The summed E-state index contributed by atoms with van der Waals surface area (Å²) >= 11 is 0. The van der Waals surface area contributed by atoms with Crippen molar-refractivity contribution in [3.63, 3.8) is 0 Å². The van der Waals surface area contributed by atoms with E-state index >= 15 is 0 Å². The van der Waals surface area contributed by atoms with Crippen LogP contribution in [0.25, 0.3) is 16.6 Å². The summed E-state index contributed by atoms with van der Waals surface area (Å²) in [7, 11) is 0. The third-order valence-corrected chi connectivity index (χ3v) is 7.18. The molecule has 7 nitrogen and oxygen atoms in total. The molecule has 168 valence electrons. The van der Waals surface area contributed by atoms with E-state index in [9.17, 15) is 9.59 Å². The van der Waals surface area contributed by atoms with E-state index in [0.717, 1.165) is 17.6 Å². The molecule has 0 bridgehead atoms. The molecule has 1 aromatic carbocycles. The van der Waals surface area contributed by atoms with Gasteiger partial charge in [-0.25, -0.2) is 4.98 Å². The number of nitrogens with one attached hydrogen (secondary N) is 2. The first kappa shape index (κ1) is 20.2. The minimum atomic E-state index is -0.357. The molecule has 0 atom stereocenters. The second kappa shape index (κ2) is 7.85. The maximum absolute atomic E-state index is 12.6. The van der Waals surface area contributed by atoms with Crippen molar-refractivity contribution in [3.05, 3.63) is 82.0 Å². The molecule has 1 saturated carbocycles. The molecule has 2 fully saturated rings. The minimum Gasteiger partial charge on any atom is -0.357 e. The Morgan fingerprint density at radius 2 is 1.94 bits per heavy atom. The molecule has 33 heavy (non-hydrogen) atoms. The highest BCUT2D eigenvalue weighted by Crippen LogP contribution is 2.45. The van der Waals surface area contributed by atoms with Crippen molar-refractivity contribution in [2.24, 2.45) is 5.41 Å². The molecule has 7 heteroatoms. The predicted molar refractivity (Wildman–Crippen MR) is 127 cm³/mol. The second-order valence-electron chi connectivity index (χ2n) is 9.66. The van der Waals surface area contributed by atoms with Crippen LogP contribution in [0, 0.1) is 5.41 Å². The lowest BCUT2D eigenvalue weighted by atomic mass is 9.78. The molecule has 3 aromatic heterocycles. The van der Waals surface area contributed by atoms with Crippen LogP contribution in [0.1, 0.15) is 47.4 Å². The van der Waals surface area contributed by atoms with Crippen molar-refractivity contribution in [1.82, 2.24) is 24.6 Å². The van der Waals surface area contributed by atoms with Crippen LogP contribution in [0.2, 0.25) is 0 Å². The number of hydrogen-bond acceptors (Lipinski definition) is 4. The van der Waals surface area contributed by atoms with Gasteiger partial charge in [-0.05, 0) is 53.5 Å². The van der Waals surface area contributed by atoms with E-state index in [1.54, 1.807) is 24.4 Å². The highest BCUT2D eigenvalue weighted by molar-refractivity contribution is 5.92. The van der Waals surface area contributed by atoms with Gasteiger partial charge in [-0.2, -0.15) is 0 Å². The van der Waals surface area contributed by atoms with E-state index in [-0.39, 0.29) is 17.2 Å². The Bertz CT molecular complexity index is 1410. The first-order chi connectivity index (χ1) is 16.1. The number of carbonyl (C=O) groups is 1. The van der Waals surface area contributed by atoms with Crippen LogP contribution in [0.3, 0.4) is 0 Å². The first-order valence-electron chi connectivity index (χ1n) is 11.7. The van der Waals surface area contributed by atoms with Crippen LogP contribution < -0.4 is 10.9 Å². The fraction of sp³-hybridized carbons (Fsp3) is 0.346. The second-order valence-corrected chi connectivity index (χ2v) is 9.66. The highest BCUT2D eigenvalue weighted by atomic mass is 16.2. The van der Waals surface area contributed by atoms with Crippen LogP contribution in [-0.2, 0) is 13.1 Å². The van der Waals surface area contributed by atoms with Crippen molar-refractivity contribution >= 4 is 22.5 Å². The summed E-state index contributed by atoms with van der Waals surface area (Å²) in [4.78, 5) is 35.2. The van der Waals surface area contributed by atoms with Gasteiger partial charge in [-0.1, -0.05) is 31.0 Å². The molecule has 1 spiro atoms. The van der Waals surface area contributed by atoms with Crippen molar-refractivity contribution in [1.29, 1.82) is 0 Å². The maximum Gasteiger partial charge on any atom is 0.270 e. The number of hydrogen-bond donors (Lipinski definition) is 2. The summed E-state index contributed by atoms with van der Waals surface area (Å²) in [6.45, 7) is 3.79. The molecule has 0 unspecified atom stereocenters. The van der Waals surface area contributed by atoms with Crippen molar-refractivity contribution < 1.29 is 4.79 Å². The number of pyridine rings is 1. The quantitative estimate of drug-likeness (QED) is 0.497. The van der Waals surface area contributed by atoms with Gasteiger partial charge in [-0.15, -0.1) is 0 Å². The normalized spacial score (nSPS) is 17.6. The van der Waals surface area contributed by atoms with E-state index in [2.05, 4.69) is 38.4 Å². The number of amides is 1. The van der Waals surface area contributed by atoms with Gasteiger partial charge >= 0.3 is 0 Å². The number of H-pyrrole nitrogens is 1. The summed E-state index contributed by atoms with van der Waals surface area (Å²) in [5, 5.41) is 4.07. The first-order valence-corrected chi connectivity index (χ1v) is 11.7. The molecule has 2 aliphatic rings. The lowest BCUT2D eigenvalue weighted by Gasteiger charge is -2.48. The zero-order valence-electron chi connectivity index (χ0n) is 18.5. The van der Waals surface area contributed by atoms with E-state index in [4.69, 9.17) is 0 Å².